The molecule has 1 aliphatic carbocycles. The van der Waals surface area contributed by atoms with Crippen molar-refractivity contribution in [2.45, 2.75) is 37.5 Å². The number of anilines is 1. The Morgan fingerprint density at radius 1 is 1.11 bits per heavy atom. The van der Waals surface area contributed by atoms with Gasteiger partial charge in [-0.2, -0.15) is 5.10 Å². The maximum Gasteiger partial charge on any atom is 0.276 e. The van der Waals surface area contributed by atoms with Crippen LogP contribution in [0.4, 0.5) is 5.13 Å². The molecule has 3 heterocycles. The molecular weight excluding hydrogens is 370 g/mol. The van der Waals surface area contributed by atoms with E-state index in [1.807, 2.05) is 42.6 Å². The summed E-state index contributed by atoms with van der Waals surface area (Å²) in [4.78, 5) is 18.7. The number of thiazole rings is 1. The zero-order valence-electron chi connectivity index (χ0n) is 15.6. The van der Waals surface area contributed by atoms with Crippen molar-refractivity contribution in [1.82, 2.24) is 20.1 Å². The average molecular weight is 394 g/mol. The van der Waals surface area contributed by atoms with E-state index in [0.29, 0.717) is 22.7 Å². The number of benzene rings is 1. The number of carbonyl (C=O) groups excluding carboxylic acids is 1. The van der Waals surface area contributed by atoms with E-state index < -0.39 is 0 Å². The first-order valence-electron chi connectivity index (χ1n) is 9.91. The lowest BCUT2D eigenvalue weighted by Gasteiger charge is -2.20. The lowest BCUT2D eigenvalue weighted by molar-refractivity contribution is 0.101. The Kier molecular flexibility index (Phi) is 4.70. The number of nitrogens with one attached hydrogen (secondary N) is 2. The molecule has 2 aromatic heterocycles. The molecule has 2 aliphatic rings. The Bertz CT molecular complexity index is 970. The summed E-state index contributed by atoms with van der Waals surface area (Å²) in [5.41, 5.74) is 2.46. The van der Waals surface area contributed by atoms with Crippen molar-refractivity contribution < 1.29 is 4.79 Å². The van der Waals surface area contributed by atoms with Gasteiger partial charge >= 0.3 is 0 Å². The largest absolute Gasteiger partial charge is 0.317 e. The van der Waals surface area contributed by atoms with E-state index in [2.05, 4.69) is 15.6 Å². The van der Waals surface area contributed by atoms with Crippen molar-refractivity contribution in [3.63, 3.8) is 0 Å². The molecule has 1 saturated heterocycles. The van der Waals surface area contributed by atoms with Gasteiger partial charge in [0.15, 0.2) is 5.13 Å². The number of amides is 1. The summed E-state index contributed by atoms with van der Waals surface area (Å²) >= 11 is 1.59. The number of hydrogen-bond donors (Lipinski definition) is 2. The van der Waals surface area contributed by atoms with Crippen LogP contribution in [0.2, 0.25) is 0 Å². The van der Waals surface area contributed by atoms with E-state index in [4.69, 9.17) is 5.10 Å². The van der Waals surface area contributed by atoms with Gasteiger partial charge in [0, 0.05) is 17.0 Å². The predicted octanol–water partition coefficient (Wildman–Crippen LogP) is 3.93. The van der Waals surface area contributed by atoms with Crippen LogP contribution in [-0.4, -0.2) is 33.8 Å². The van der Waals surface area contributed by atoms with Crippen LogP contribution in [0.3, 0.4) is 0 Å². The summed E-state index contributed by atoms with van der Waals surface area (Å²) in [6.07, 6.45) is 6.47. The van der Waals surface area contributed by atoms with Gasteiger partial charge < -0.3 is 5.32 Å². The van der Waals surface area contributed by atoms with Gasteiger partial charge in [-0.1, -0.05) is 18.2 Å². The van der Waals surface area contributed by atoms with Crippen LogP contribution in [0.15, 0.2) is 42.6 Å². The molecular formula is C21H23N5OS. The Balaban J connectivity index is 1.38. The van der Waals surface area contributed by atoms with Gasteiger partial charge in [0.25, 0.3) is 5.91 Å². The SMILES string of the molecule is O=C(Nc1ncc(C2CCNCC2)s1)c1cc(C2CC2)nn1-c1ccccc1. The number of nitrogens with zero attached hydrogens (tertiary/aromatic N) is 3. The van der Waals surface area contributed by atoms with Crippen molar-refractivity contribution in [3.8, 4) is 5.69 Å². The molecule has 1 saturated carbocycles. The highest BCUT2D eigenvalue weighted by Crippen LogP contribution is 2.40. The minimum atomic E-state index is -0.158. The number of piperidine rings is 1. The normalized spacial score (nSPS) is 17.6. The molecule has 28 heavy (non-hydrogen) atoms. The first kappa shape index (κ1) is 17.6. The Morgan fingerprint density at radius 3 is 2.64 bits per heavy atom. The van der Waals surface area contributed by atoms with E-state index in [1.54, 1.807) is 16.0 Å². The number of hydrogen-bond acceptors (Lipinski definition) is 5. The van der Waals surface area contributed by atoms with Crippen molar-refractivity contribution in [1.29, 1.82) is 0 Å². The summed E-state index contributed by atoms with van der Waals surface area (Å²) in [7, 11) is 0. The summed E-state index contributed by atoms with van der Waals surface area (Å²) in [6.45, 7) is 2.09. The molecule has 3 aromatic rings. The maximum atomic E-state index is 13.0. The molecule has 2 N–H and O–H groups in total. The Morgan fingerprint density at radius 2 is 1.89 bits per heavy atom. The number of aromatic nitrogens is 3. The average Bonchev–Trinajstić information content (AvgIpc) is 3.32. The van der Waals surface area contributed by atoms with E-state index in [1.165, 1.54) is 4.88 Å². The second-order valence-corrected chi connectivity index (χ2v) is 8.58. The van der Waals surface area contributed by atoms with Gasteiger partial charge in [-0.05, 0) is 62.9 Å². The zero-order chi connectivity index (χ0) is 18.9. The second-order valence-electron chi connectivity index (χ2n) is 7.52. The fourth-order valence-electron chi connectivity index (χ4n) is 3.71. The fraction of sp³-hybridized carbons (Fsp3) is 0.381. The van der Waals surface area contributed by atoms with Crippen LogP contribution in [0.5, 0.6) is 0 Å². The first-order valence-corrected chi connectivity index (χ1v) is 10.7. The first-order chi connectivity index (χ1) is 13.8. The van der Waals surface area contributed by atoms with Gasteiger partial charge in [-0.3, -0.25) is 10.1 Å². The molecule has 144 valence electrons. The molecule has 6 nitrogen and oxygen atoms in total. The van der Waals surface area contributed by atoms with E-state index in [0.717, 1.165) is 50.2 Å². The van der Waals surface area contributed by atoms with Crippen molar-refractivity contribution in [2.75, 3.05) is 18.4 Å². The molecule has 0 bridgehead atoms. The predicted molar refractivity (Wildman–Crippen MR) is 110 cm³/mol. The quantitative estimate of drug-likeness (QED) is 0.689. The van der Waals surface area contributed by atoms with Crippen molar-refractivity contribution in [3.05, 3.63) is 58.9 Å². The third-order valence-electron chi connectivity index (χ3n) is 5.44. The van der Waals surface area contributed by atoms with Crippen LogP contribution >= 0.6 is 11.3 Å². The van der Waals surface area contributed by atoms with Crippen LogP contribution in [0, 0.1) is 0 Å². The van der Waals surface area contributed by atoms with E-state index in [9.17, 15) is 4.79 Å². The lowest BCUT2D eigenvalue weighted by atomic mass is 9.97. The minimum Gasteiger partial charge on any atom is -0.317 e. The van der Waals surface area contributed by atoms with Gasteiger partial charge in [-0.25, -0.2) is 9.67 Å². The zero-order valence-corrected chi connectivity index (χ0v) is 16.4. The number of carbonyl (C=O) groups is 1. The molecule has 0 atom stereocenters. The summed E-state index contributed by atoms with van der Waals surface area (Å²) < 4.78 is 1.75. The molecule has 1 aromatic carbocycles. The molecule has 0 radical (unpaired) electrons. The van der Waals surface area contributed by atoms with E-state index >= 15 is 0 Å². The summed E-state index contributed by atoms with van der Waals surface area (Å²) in [5.74, 6) is 0.873. The third kappa shape index (κ3) is 3.59. The Hall–Kier alpha value is -2.51. The minimum absolute atomic E-state index is 0.158. The molecule has 7 heteroatoms. The molecule has 0 spiro atoms. The third-order valence-corrected chi connectivity index (χ3v) is 6.52. The monoisotopic (exact) mass is 393 g/mol. The highest BCUT2D eigenvalue weighted by Gasteiger charge is 2.29. The smallest absolute Gasteiger partial charge is 0.276 e. The van der Waals surface area contributed by atoms with Gasteiger partial charge in [0.2, 0.25) is 0 Å². The molecule has 0 unspecified atom stereocenters. The van der Waals surface area contributed by atoms with Gasteiger partial charge in [0.05, 0.1) is 11.4 Å². The molecule has 1 aliphatic heterocycles. The van der Waals surface area contributed by atoms with Crippen LogP contribution in [-0.2, 0) is 0 Å². The van der Waals surface area contributed by atoms with Crippen molar-refractivity contribution in [2.24, 2.45) is 0 Å². The number of para-hydroxylation sites is 1. The summed E-state index contributed by atoms with van der Waals surface area (Å²) in [6, 6.07) is 11.8. The number of rotatable bonds is 5. The molecule has 5 rings (SSSR count). The Labute approximate surface area is 168 Å². The maximum absolute atomic E-state index is 13.0. The van der Waals surface area contributed by atoms with E-state index in [-0.39, 0.29) is 5.91 Å². The molecule has 1 amide bonds. The second kappa shape index (κ2) is 7.48. The van der Waals surface area contributed by atoms with Crippen molar-refractivity contribution >= 4 is 22.4 Å². The highest BCUT2D eigenvalue weighted by molar-refractivity contribution is 7.15. The standard InChI is InChI=1S/C21H23N5OS/c27-20(24-21-23-13-19(28-21)15-8-10-22-11-9-15)18-12-17(14-6-7-14)25-26(18)16-4-2-1-3-5-16/h1-5,12-15,22H,6-11H2,(H,23,24,27). The van der Waals surface area contributed by atoms with Crippen LogP contribution in [0.1, 0.15) is 58.6 Å². The van der Waals surface area contributed by atoms with Crippen LogP contribution < -0.4 is 10.6 Å². The highest BCUT2D eigenvalue weighted by atomic mass is 32.1. The van der Waals surface area contributed by atoms with Gasteiger partial charge in [-0.15, -0.1) is 11.3 Å². The lowest BCUT2D eigenvalue weighted by Crippen LogP contribution is -2.26. The topological polar surface area (TPSA) is 71.8 Å². The molecule has 2 fully saturated rings. The summed E-state index contributed by atoms with van der Waals surface area (Å²) in [5, 5.41) is 11.8. The van der Waals surface area contributed by atoms with Crippen LogP contribution in [0.25, 0.3) is 5.69 Å². The van der Waals surface area contributed by atoms with Gasteiger partial charge in [0.1, 0.15) is 5.69 Å². The fourth-order valence-corrected chi connectivity index (χ4v) is 4.69.